The number of rotatable bonds is 13. The summed E-state index contributed by atoms with van der Waals surface area (Å²) in [5.74, 6) is -0.137. The highest BCUT2D eigenvalue weighted by Crippen LogP contribution is 2.35. The van der Waals surface area contributed by atoms with Crippen molar-refractivity contribution < 1.29 is 27.5 Å². The van der Waals surface area contributed by atoms with Crippen LogP contribution in [0.1, 0.15) is 31.9 Å². The van der Waals surface area contributed by atoms with Crippen molar-refractivity contribution >= 4 is 50.7 Å². The number of hydrogen-bond acceptors (Lipinski definition) is 6. The Morgan fingerprint density at radius 2 is 1.66 bits per heavy atom. The second kappa shape index (κ2) is 15.0. The monoisotopic (exact) mass is 661 g/mol. The van der Waals surface area contributed by atoms with Crippen molar-refractivity contribution in [1.29, 1.82) is 0 Å². The zero-order valence-corrected chi connectivity index (χ0v) is 27.3. The summed E-state index contributed by atoms with van der Waals surface area (Å²) < 4.78 is 39.2. The van der Waals surface area contributed by atoms with E-state index < -0.39 is 28.5 Å². The van der Waals surface area contributed by atoms with Crippen LogP contribution < -0.4 is 19.1 Å². The largest absolute Gasteiger partial charge is 0.486 e. The number of carbonyl (C=O) groups excluding carboxylic acids is 2. The van der Waals surface area contributed by atoms with Crippen LogP contribution in [0, 0.1) is 5.92 Å². The molecule has 12 heteroatoms. The number of halogens is 2. The maximum absolute atomic E-state index is 14.3. The van der Waals surface area contributed by atoms with Crippen LogP contribution in [-0.2, 0) is 32.6 Å². The summed E-state index contributed by atoms with van der Waals surface area (Å²) in [5, 5.41) is 3.70. The van der Waals surface area contributed by atoms with Crippen LogP contribution in [0.2, 0.25) is 10.0 Å². The van der Waals surface area contributed by atoms with Crippen molar-refractivity contribution in [3.63, 3.8) is 0 Å². The SMILES string of the molecule is CCS(=O)(=O)N(CC(=O)N(Cc1ccc(Cl)cc1Cl)C(Cc1ccccc1)C(=O)NCC(C)C)c1ccc2c(c1)OCCO2. The molecule has 3 aromatic carbocycles. The molecule has 4 rings (SSSR count). The van der Waals surface area contributed by atoms with Gasteiger partial charge < -0.3 is 19.7 Å². The zero-order valence-electron chi connectivity index (χ0n) is 25.0. The predicted octanol–water partition coefficient (Wildman–Crippen LogP) is 5.33. The number of nitrogens with one attached hydrogen (secondary N) is 1. The molecule has 2 amide bonds. The lowest BCUT2D eigenvalue weighted by Crippen LogP contribution is -2.54. The molecule has 1 unspecified atom stereocenters. The molecule has 236 valence electrons. The second-order valence-corrected chi connectivity index (χ2v) is 13.9. The summed E-state index contributed by atoms with van der Waals surface area (Å²) in [7, 11) is -3.94. The van der Waals surface area contributed by atoms with Gasteiger partial charge in [-0.05, 0) is 48.2 Å². The molecule has 1 aliphatic heterocycles. The van der Waals surface area contributed by atoms with Gasteiger partial charge in [-0.2, -0.15) is 0 Å². The fourth-order valence-corrected chi connectivity index (χ4v) is 6.24. The number of carbonyl (C=O) groups is 2. The molecule has 0 aliphatic carbocycles. The van der Waals surface area contributed by atoms with E-state index in [0.717, 1.165) is 9.87 Å². The Morgan fingerprint density at radius 3 is 2.32 bits per heavy atom. The van der Waals surface area contributed by atoms with Gasteiger partial charge in [0.1, 0.15) is 25.8 Å². The molecule has 44 heavy (non-hydrogen) atoms. The van der Waals surface area contributed by atoms with E-state index in [2.05, 4.69) is 5.32 Å². The molecule has 0 spiro atoms. The van der Waals surface area contributed by atoms with Gasteiger partial charge in [0.25, 0.3) is 0 Å². The number of amides is 2. The highest BCUT2D eigenvalue weighted by molar-refractivity contribution is 7.92. The third kappa shape index (κ3) is 8.58. The van der Waals surface area contributed by atoms with Gasteiger partial charge in [-0.1, -0.05) is 73.4 Å². The van der Waals surface area contributed by atoms with E-state index in [1.807, 2.05) is 44.2 Å². The van der Waals surface area contributed by atoms with Crippen molar-refractivity contribution in [1.82, 2.24) is 10.2 Å². The van der Waals surface area contributed by atoms with Gasteiger partial charge in [-0.3, -0.25) is 13.9 Å². The number of nitrogens with zero attached hydrogens (tertiary/aromatic N) is 2. The van der Waals surface area contributed by atoms with Crippen LogP contribution >= 0.6 is 23.2 Å². The highest BCUT2D eigenvalue weighted by atomic mass is 35.5. The van der Waals surface area contributed by atoms with Gasteiger partial charge in [0, 0.05) is 35.6 Å². The van der Waals surface area contributed by atoms with Gasteiger partial charge in [0.15, 0.2) is 11.5 Å². The fraction of sp³-hybridized carbons (Fsp3) is 0.375. The first-order valence-corrected chi connectivity index (χ1v) is 16.8. The number of sulfonamides is 1. The molecule has 0 saturated heterocycles. The Bertz CT molecular complexity index is 1570. The number of hydrogen-bond donors (Lipinski definition) is 1. The van der Waals surface area contributed by atoms with Gasteiger partial charge in [-0.15, -0.1) is 0 Å². The summed E-state index contributed by atoms with van der Waals surface area (Å²) in [4.78, 5) is 29.5. The molecule has 9 nitrogen and oxygen atoms in total. The minimum absolute atomic E-state index is 0.0530. The molecule has 0 fully saturated rings. The first-order valence-electron chi connectivity index (χ1n) is 14.4. The summed E-state index contributed by atoms with van der Waals surface area (Å²) in [6, 6.07) is 18.0. The summed E-state index contributed by atoms with van der Waals surface area (Å²) in [6.45, 7) is 5.96. The smallest absolute Gasteiger partial charge is 0.244 e. The summed E-state index contributed by atoms with van der Waals surface area (Å²) >= 11 is 12.7. The standard InChI is InChI=1S/C32H37Cl2N3O6S/c1-4-44(40,41)37(26-12-13-29-30(18-26)43-15-14-42-29)21-31(38)36(20-24-10-11-25(33)17-27(24)34)28(32(39)35-19-22(2)3)16-23-8-6-5-7-9-23/h5-13,17-18,22,28H,4,14-16,19-21H2,1-3H3,(H,35,39). The Hall–Kier alpha value is -3.47. The third-order valence-electron chi connectivity index (χ3n) is 7.10. The van der Waals surface area contributed by atoms with E-state index in [4.69, 9.17) is 32.7 Å². The van der Waals surface area contributed by atoms with Crippen LogP contribution in [-0.4, -0.2) is 63.2 Å². The molecule has 3 aromatic rings. The van der Waals surface area contributed by atoms with E-state index in [1.165, 1.54) is 11.8 Å². The Kier molecular flexibility index (Phi) is 11.4. The minimum Gasteiger partial charge on any atom is -0.486 e. The van der Waals surface area contributed by atoms with Crippen LogP contribution in [0.3, 0.4) is 0 Å². The van der Waals surface area contributed by atoms with Crippen LogP contribution in [0.5, 0.6) is 11.5 Å². The van der Waals surface area contributed by atoms with E-state index in [9.17, 15) is 18.0 Å². The van der Waals surface area contributed by atoms with Crippen molar-refractivity contribution in [3.8, 4) is 11.5 Å². The zero-order chi connectivity index (χ0) is 31.9. The lowest BCUT2D eigenvalue weighted by atomic mass is 10.0. The summed E-state index contributed by atoms with van der Waals surface area (Å²) in [5.41, 5.74) is 1.64. The highest BCUT2D eigenvalue weighted by Gasteiger charge is 2.34. The molecule has 1 heterocycles. The maximum Gasteiger partial charge on any atom is 0.244 e. The van der Waals surface area contributed by atoms with E-state index in [-0.39, 0.29) is 36.2 Å². The van der Waals surface area contributed by atoms with Crippen LogP contribution in [0.25, 0.3) is 0 Å². The van der Waals surface area contributed by atoms with Crippen molar-refractivity contribution in [2.75, 3.05) is 36.4 Å². The average molecular weight is 663 g/mol. The second-order valence-electron chi connectivity index (χ2n) is 10.8. The van der Waals surface area contributed by atoms with Gasteiger partial charge >= 0.3 is 0 Å². The third-order valence-corrected chi connectivity index (χ3v) is 9.43. The molecule has 0 radical (unpaired) electrons. The maximum atomic E-state index is 14.3. The first kappa shape index (κ1) is 33.4. The lowest BCUT2D eigenvalue weighted by Gasteiger charge is -2.34. The number of anilines is 1. The predicted molar refractivity (Wildman–Crippen MR) is 173 cm³/mol. The lowest BCUT2D eigenvalue weighted by molar-refractivity contribution is -0.140. The molecule has 1 atom stereocenters. The van der Waals surface area contributed by atoms with Gasteiger partial charge in [0.05, 0.1) is 11.4 Å². The van der Waals surface area contributed by atoms with Crippen LogP contribution in [0.4, 0.5) is 5.69 Å². The Morgan fingerprint density at radius 1 is 0.955 bits per heavy atom. The Balaban J connectivity index is 1.76. The summed E-state index contributed by atoms with van der Waals surface area (Å²) in [6.07, 6.45) is 0.201. The normalized spacial score (nSPS) is 13.3. The Labute approximate surface area is 269 Å². The average Bonchev–Trinajstić information content (AvgIpc) is 3.01. The number of fused-ring (bicyclic) bond motifs is 1. The number of benzene rings is 3. The van der Waals surface area contributed by atoms with Crippen molar-refractivity contribution in [3.05, 3.63) is 87.9 Å². The van der Waals surface area contributed by atoms with E-state index in [1.54, 1.807) is 36.4 Å². The van der Waals surface area contributed by atoms with Gasteiger partial charge in [-0.25, -0.2) is 8.42 Å². The minimum atomic E-state index is -3.94. The van der Waals surface area contributed by atoms with Crippen LogP contribution in [0.15, 0.2) is 66.7 Å². The molecule has 0 saturated carbocycles. The first-order chi connectivity index (χ1) is 21.0. The molecule has 1 N–H and O–H groups in total. The topological polar surface area (TPSA) is 105 Å². The molecule has 0 aromatic heterocycles. The molecular weight excluding hydrogens is 625 g/mol. The van der Waals surface area contributed by atoms with Crippen molar-refractivity contribution in [2.24, 2.45) is 5.92 Å². The van der Waals surface area contributed by atoms with E-state index in [0.29, 0.717) is 46.9 Å². The molecular formula is C32H37Cl2N3O6S. The molecule has 1 aliphatic rings. The van der Waals surface area contributed by atoms with Crippen molar-refractivity contribution in [2.45, 2.75) is 39.8 Å². The van der Waals surface area contributed by atoms with E-state index >= 15 is 0 Å². The molecule has 0 bridgehead atoms. The quantitative estimate of drug-likeness (QED) is 0.265. The van der Waals surface area contributed by atoms with Gasteiger partial charge in [0.2, 0.25) is 21.8 Å². The number of ether oxygens (including phenoxy) is 2. The fourth-order valence-electron chi connectivity index (χ4n) is 4.72.